The maximum Gasteiger partial charge on any atom is 0.313 e. The lowest BCUT2D eigenvalue weighted by atomic mass is 10.1. The van der Waals surface area contributed by atoms with E-state index in [1.807, 2.05) is 6.92 Å². The molecule has 0 saturated carbocycles. The number of ether oxygens (including phenoxy) is 3. The van der Waals surface area contributed by atoms with Gasteiger partial charge < -0.3 is 19.3 Å². The van der Waals surface area contributed by atoms with Crippen molar-refractivity contribution in [3.8, 4) is 28.6 Å². The second-order valence-corrected chi connectivity index (χ2v) is 5.76. The highest BCUT2D eigenvalue weighted by Gasteiger charge is 2.16. The predicted molar refractivity (Wildman–Crippen MR) is 90.2 cm³/mol. The van der Waals surface area contributed by atoms with E-state index in [0.29, 0.717) is 33.7 Å². The van der Waals surface area contributed by atoms with E-state index in [0.717, 1.165) is 17.5 Å². The minimum atomic E-state index is -0.898. The van der Waals surface area contributed by atoms with Gasteiger partial charge in [0.05, 0.1) is 27.1 Å². The molecule has 0 aliphatic rings. The van der Waals surface area contributed by atoms with Crippen LogP contribution in [0.25, 0.3) is 11.4 Å². The Kier molecular flexibility index (Phi) is 5.86. The number of hydrogen-bond acceptors (Lipinski definition) is 7. The zero-order chi connectivity index (χ0) is 17.7. The van der Waals surface area contributed by atoms with Crippen molar-refractivity contribution in [2.75, 3.05) is 27.1 Å². The van der Waals surface area contributed by atoms with Crippen LogP contribution >= 0.6 is 11.8 Å². The van der Waals surface area contributed by atoms with Crippen LogP contribution in [0.1, 0.15) is 5.69 Å². The summed E-state index contributed by atoms with van der Waals surface area (Å²) < 4.78 is 16.0. The first kappa shape index (κ1) is 17.9. The van der Waals surface area contributed by atoms with Gasteiger partial charge in [-0.15, -0.1) is 0 Å². The predicted octanol–water partition coefficient (Wildman–Crippen LogP) is 2.65. The van der Waals surface area contributed by atoms with Gasteiger partial charge in [-0.3, -0.25) is 4.79 Å². The van der Waals surface area contributed by atoms with E-state index in [-0.39, 0.29) is 5.75 Å². The lowest BCUT2D eigenvalue weighted by Gasteiger charge is -2.14. The smallest absolute Gasteiger partial charge is 0.313 e. The van der Waals surface area contributed by atoms with Gasteiger partial charge in [-0.2, -0.15) is 0 Å². The summed E-state index contributed by atoms with van der Waals surface area (Å²) >= 11 is 1.14. The Morgan fingerprint density at radius 1 is 1.08 bits per heavy atom. The Morgan fingerprint density at radius 3 is 2.21 bits per heavy atom. The van der Waals surface area contributed by atoms with Crippen molar-refractivity contribution in [1.82, 2.24) is 9.97 Å². The lowest BCUT2D eigenvalue weighted by Crippen LogP contribution is -2.01. The van der Waals surface area contributed by atoms with Gasteiger partial charge in [-0.1, -0.05) is 11.8 Å². The number of carbonyl (C=O) groups is 1. The Bertz CT molecular complexity index is 726. The molecule has 24 heavy (non-hydrogen) atoms. The van der Waals surface area contributed by atoms with Crippen molar-refractivity contribution in [2.45, 2.75) is 11.9 Å². The second-order valence-electron chi connectivity index (χ2n) is 4.77. The number of aliphatic carboxylic acids is 1. The molecule has 0 atom stereocenters. The summed E-state index contributed by atoms with van der Waals surface area (Å²) in [6, 6.07) is 5.25. The number of aryl methyl sites for hydroxylation is 1. The summed E-state index contributed by atoms with van der Waals surface area (Å²) in [5.41, 5.74) is 1.42. The van der Waals surface area contributed by atoms with Crippen LogP contribution in [0.4, 0.5) is 0 Å². The molecule has 0 spiro atoms. The van der Waals surface area contributed by atoms with Crippen molar-refractivity contribution in [1.29, 1.82) is 0 Å². The number of rotatable bonds is 7. The molecule has 8 heteroatoms. The molecular weight excluding hydrogens is 332 g/mol. The Labute approximate surface area is 144 Å². The van der Waals surface area contributed by atoms with Crippen LogP contribution in [0.2, 0.25) is 0 Å². The second kappa shape index (κ2) is 7.87. The summed E-state index contributed by atoms with van der Waals surface area (Å²) in [5.74, 6) is 0.975. The average molecular weight is 350 g/mol. The highest BCUT2D eigenvalue weighted by Crippen LogP contribution is 2.40. The van der Waals surface area contributed by atoms with Crippen LogP contribution < -0.4 is 14.2 Å². The number of carboxylic acids is 1. The van der Waals surface area contributed by atoms with Crippen LogP contribution in [0.5, 0.6) is 17.2 Å². The molecule has 1 aromatic heterocycles. The molecule has 128 valence electrons. The summed E-state index contributed by atoms with van der Waals surface area (Å²) in [7, 11) is 4.60. The van der Waals surface area contributed by atoms with Gasteiger partial charge in [0, 0.05) is 11.3 Å². The monoisotopic (exact) mass is 350 g/mol. The molecule has 1 heterocycles. The largest absolute Gasteiger partial charge is 0.493 e. The molecule has 0 amide bonds. The Hall–Kier alpha value is -2.48. The van der Waals surface area contributed by atoms with E-state index >= 15 is 0 Å². The summed E-state index contributed by atoms with van der Waals surface area (Å²) in [6.45, 7) is 1.83. The molecule has 0 radical (unpaired) electrons. The molecular formula is C16H18N2O5S. The summed E-state index contributed by atoms with van der Waals surface area (Å²) in [5, 5.41) is 9.40. The average Bonchev–Trinajstić information content (AvgIpc) is 2.58. The number of methoxy groups -OCH3 is 3. The highest BCUT2D eigenvalue weighted by molar-refractivity contribution is 7.99. The van der Waals surface area contributed by atoms with Gasteiger partial charge >= 0.3 is 5.97 Å². The minimum absolute atomic E-state index is 0.0643. The van der Waals surface area contributed by atoms with Crippen molar-refractivity contribution < 1.29 is 24.1 Å². The molecule has 0 aliphatic heterocycles. The van der Waals surface area contributed by atoms with Gasteiger partial charge in [0.25, 0.3) is 0 Å². The fraction of sp³-hybridized carbons (Fsp3) is 0.312. The van der Waals surface area contributed by atoms with E-state index in [2.05, 4.69) is 9.97 Å². The number of aromatic nitrogens is 2. The van der Waals surface area contributed by atoms with Crippen LogP contribution in [0.15, 0.2) is 23.2 Å². The number of benzene rings is 1. The normalized spacial score (nSPS) is 10.3. The number of carboxylic acid groups (broad SMARTS) is 1. The third-order valence-electron chi connectivity index (χ3n) is 3.10. The van der Waals surface area contributed by atoms with Gasteiger partial charge in [0.1, 0.15) is 5.03 Å². The fourth-order valence-electron chi connectivity index (χ4n) is 2.09. The third kappa shape index (κ3) is 4.08. The first-order valence-electron chi connectivity index (χ1n) is 6.99. The van der Waals surface area contributed by atoms with Crippen LogP contribution in [0.3, 0.4) is 0 Å². The van der Waals surface area contributed by atoms with Crippen LogP contribution in [-0.4, -0.2) is 48.1 Å². The minimum Gasteiger partial charge on any atom is -0.493 e. The van der Waals surface area contributed by atoms with E-state index in [4.69, 9.17) is 19.3 Å². The Balaban J connectivity index is 2.49. The molecule has 2 aromatic rings. The Morgan fingerprint density at radius 2 is 1.71 bits per heavy atom. The molecule has 0 aliphatic carbocycles. The molecule has 0 unspecified atom stereocenters. The topological polar surface area (TPSA) is 90.8 Å². The highest BCUT2D eigenvalue weighted by atomic mass is 32.2. The van der Waals surface area contributed by atoms with Crippen molar-refractivity contribution in [3.05, 3.63) is 23.9 Å². The molecule has 2 rings (SSSR count). The van der Waals surface area contributed by atoms with Gasteiger partial charge in [0.15, 0.2) is 17.3 Å². The van der Waals surface area contributed by atoms with Gasteiger partial charge in [-0.25, -0.2) is 9.97 Å². The molecule has 1 aromatic carbocycles. The standard InChI is InChI=1S/C16H18N2O5S/c1-9-5-13(24-8-14(19)20)18-16(17-9)10-6-11(21-2)15(23-4)12(7-10)22-3/h5-7H,8H2,1-4H3,(H,19,20). The zero-order valence-corrected chi connectivity index (χ0v) is 14.6. The number of nitrogens with zero attached hydrogens (tertiary/aromatic N) is 2. The maximum absolute atomic E-state index is 10.7. The maximum atomic E-state index is 10.7. The first-order valence-corrected chi connectivity index (χ1v) is 7.97. The van der Waals surface area contributed by atoms with E-state index in [9.17, 15) is 4.79 Å². The van der Waals surface area contributed by atoms with Crippen molar-refractivity contribution in [3.63, 3.8) is 0 Å². The number of hydrogen-bond donors (Lipinski definition) is 1. The lowest BCUT2D eigenvalue weighted by molar-refractivity contribution is -0.133. The molecule has 0 saturated heterocycles. The van der Waals surface area contributed by atoms with Gasteiger partial charge in [-0.05, 0) is 25.1 Å². The van der Waals surface area contributed by atoms with E-state index in [1.54, 1.807) is 18.2 Å². The molecule has 1 N–H and O–H groups in total. The zero-order valence-electron chi connectivity index (χ0n) is 13.8. The first-order chi connectivity index (χ1) is 11.5. The summed E-state index contributed by atoms with van der Waals surface area (Å²) in [4.78, 5) is 19.6. The van der Waals surface area contributed by atoms with Crippen molar-refractivity contribution in [2.24, 2.45) is 0 Å². The third-order valence-corrected chi connectivity index (χ3v) is 3.99. The molecule has 0 bridgehead atoms. The fourth-order valence-corrected chi connectivity index (χ4v) is 2.76. The quantitative estimate of drug-likeness (QED) is 0.602. The molecule has 7 nitrogen and oxygen atoms in total. The molecule has 0 fully saturated rings. The van der Waals surface area contributed by atoms with Crippen LogP contribution in [0, 0.1) is 6.92 Å². The summed E-state index contributed by atoms with van der Waals surface area (Å²) in [6.07, 6.45) is 0. The van der Waals surface area contributed by atoms with E-state index < -0.39 is 5.97 Å². The van der Waals surface area contributed by atoms with Gasteiger partial charge in [0.2, 0.25) is 5.75 Å². The van der Waals surface area contributed by atoms with E-state index in [1.165, 1.54) is 21.3 Å². The number of thioether (sulfide) groups is 1. The SMILES string of the molecule is COc1cc(-c2nc(C)cc(SCC(=O)O)n2)cc(OC)c1OC. The van der Waals surface area contributed by atoms with Crippen LogP contribution in [-0.2, 0) is 4.79 Å². The van der Waals surface area contributed by atoms with Crippen molar-refractivity contribution >= 4 is 17.7 Å².